The fraction of sp³-hybridized carbons (Fsp3) is 0.429. The van der Waals surface area contributed by atoms with E-state index in [1.165, 1.54) is 11.3 Å². The number of hydrogen-bond acceptors (Lipinski definition) is 4. The number of amides is 2. The van der Waals surface area contributed by atoms with Gasteiger partial charge < -0.3 is 10.2 Å². The zero-order valence-corrected chi connectivity index (χ0v) is 17.6. The fourth-order valence-corrected chi connectivity index (χ4v) is 4.39. The van der Waals surface area contributed by atoms with Crippen molar-refractivity contribution in [1.29, 1.82) is 0 Å². The molecule has 1 aromatic heterocycles. The molecule has 1 aromatic carbocycles. The van der Waals surface area contributed by atoms with E-state index < -0.39 is 0 Å². The number of carbonyl (C=O) groups is 2. The third-order valence-electron chi connectivity index (χ3n) is 5.21. The van der Waals surface area contributed by atoms with E-state index in [-0.39, 0.29) is 17.9 Å². The topological polar surface area (TPSA) is 52.6 Å². The van der Waals surface area contributed by atoms with E-state index in [0.717, 1.165) is 36.8 Å². The Morgan fingerprint density at radius 1 is 1.18 bits per heavy atom. The van der Waals surface area contributed by atoms with Crippen LogP contribution in [0.25, 0.3) is 0 Å². The molecule has 1 unspecified atom stereocenters. The second kappa shape index (κ2) is 10.0. The first-order valence-corrected chi connectivity index (χ1v) is 10.9. The SMILES string of the molecule is CC(c1ccccc1Cl)N1CCN(C(=O)CCCNC(=O)c2ccsc2)CC1. The molecule has 1 N–H and O–H groups in total. The summed E-state index contributed by atoms with van der Waals surface area (Å²) in [6, 6.07) is 9.97. The number of nitrogens with zero attached hydrogens (tertiary/aromatic N) is 2. The molecule has 0 saturated carbocycles. The molecule has 1 saturated heterocycles. The summed E-state index contributed by atoms with van der Waals surface area (Å²) in [5, 5.41) is 7.36. The fourth-order valence-electron chi connectivity index (χ4n) is 3.46. The number of thiophene rings is 1. The van der Waals surface area contributed by atoms with Gasteiger partial charge in [0.15, 0.2) is 0 Å². The van der Waals surface area contributed by atoms with Crippen LogP contribution in [0.15, 0.2) is 41.1 Å². The Bertz CT molecular complexity index is 789. The van der Waals surface area contributed by atoms with Crippen molar-refractivity contribution in [3.8, 4) is 0 Å². The number of benzene rings is 1. The lowest BCUT2D eigenvalue weighted by atomic mass is 10.1. The first kappa shape index (κ1) is 20.8. The maximum atomic E-state index is 12.4. The normalized spacial score (nSPS) is 16.0. The third kappa shape index (κ3) is 5.34. The summed E-state index contributed by atoms with van der Waals surface area (Å²) < 4.78 is 0. The second-order valence-electron chi connectivity index (χ2n) is 6.99. The molecule has 28 heavy (non-hydrogen) atoms. The molecular formula is C21H26ClN3O2S. The highest BCUT2D eigenvalue weighted by molar-refractivity contribution is 7.08. The van der Waals surface area contributed by atoms with Crippen molar-refractivity contribution >= 4 is 34.8 Å². The summed E-state index contributed by atoms with van der Waals surface area (Å²) in [7, 11) is 0. The monoisotopic (exact) mass is 419 g/mol. The van der Waals surface area contributed by atoms with Crippen LogP contribution in [0, 0.1) is 0 Å². The van der Waals surface area contributed by atoms with Crippen molar-refractivity contribution in [2.45, 2.75) is 25.8 Å². The van der Waals surface area contributed by atoms with Crippen LogP contribution in [0.4, 0.5) is 0 Å². The van der Waals surface area contributed by atoms with Gasteiger partial charge in [-0.2, -0.15) is 11.3 Å². The minimum absolute atomic E-state index is 0.0733. The van der Waals surface area contributed by atoms with Gasteiger partial charge >= 0.3 is 0 Å². The first-order chi connectivity index (χ1) is 13.6. The van der Waals surface area contributed by atoms with Gasteiger partial charge in [-0.25, -0.2) is 0 Å². The summed E-state index contributed by atoms with van der Waals surface area (Å²) in [5.74, 6) is 0.0886. The van der Waals surface area contributed by atoms with Crippen LogP contribution in [0.5, 0.6) is 0 Å². The Morgan fingerprint density at radius 3 is 2.61 bits per heavy atom. The minimum atomic E-state index is -0.0733. The standard InChI is InChI=1S/C21H26ClN3O2S/c1-16(18-5-2-3-6-19(18)22)24-10-12-25(13-11-24)20(26)7-4-9-23-21(27)17-8-14-28-15-17/h2-3,5-6,8,14-16H,4,7,9-13H2,1H3,(H,23,27). The molecule has 3 rings (SSSR count). The van der Waals surface area contributed by atoms with Crippen LogP contribution in [-0.2, 0) is 4.79 Å². The van der Waals surface area contributed by atoms with E-state index >= 15 is 0 Å². The molecule has 2 heterocycles. The minimum Gasteiger partial charge on any atom is -0.352 e. The second-order valence-corrected chi connectivity index (χ2v) is 8.17. The molecule has 1 atom stereocenters. The van der Waals surface area contributed by atoms with Gasteiger partial charge in [-0.05, 0) is 36.4 Å². The lowest BCUT2D eigenvalue weighted by Gasteiger charge is -2.38. The van der Waals surface area contributed by atoms with Gasteiger partial charge in [0.2, 0.25) is 5.91 Å². The Morgan fingerprint density at radius 2 is 1.93 bits per heavy atom. The zero-order valence-electron chi connectivity index (χ0n) is 16.1. The van der Waals surface area contributed by atoms with Crippen LogP contribution in [0.2, 0.25) is 5.02 Å². The van der Waals surface area contributed by atoms with E-state index in [1.807, 2.05) is 33.9 Å². The van der Waals surface area contributed by atoms with Crippen LogP contribution in [0.1, 0.15) is 41.7 Å². The van der Waals surface area contributed by atoms with E-state index in [1.54, 1.807) is 6.07 Å². The predicted octanol–water partition coefficient (Wildman–Crippen LogP) is 3.82. The lowest BCUT2D eigenvalue weighted by Crippen LogP contribution is -2.49. The molecule has 150 valence electrons. The first-order valence-electron chi connectivity index (χ1n) is 9.63. The Labute approximate surface area is 175 Å². The zero-order chi connectivity index (χ0) is 19.9. The van der Waals surface area contributed by atoms with Crippen molar-refractivity contribution in [3.05, 3.63) is 57.2 Å². The third-order valence-corrected chi connectivity index (χ3v) is 6.23. The average molecular weight is 420 g/mol. The molecule has 2 amide bonds. The largest absolute Gasteiger partial charge is 0.352 e. The molecule has 0 spiro atoms. The number of carbonyl (C=O) groups excluding carboxylic acids is 2. The highest BCUT2D eigenvalue weighted by atomic mass is 35.5. The van der Waals surface area contributed by atoms with Gasteiger partial charge in [0, 0.05) is 61.2 Å². The molecule has 1 aliphatic heterocycles. The predicted molar refractivity (Wildman–Crippen MR) is 114 cm³/mol. The van der Waals surface area contributed by atoms with E-state index in [2.05, 4.69) is 23.2 Å². The molecule has 0 radical (unpaired) electrons. The van der Waals surface area contributed by atoms with Gasteiger partial charge in [-0.15, -0.1) is 0 Å². The van der Waals surface area contributed by atoms with Crippen LogP contribution >= 0.6 is 22.9 Å². The van der Waals surface area contributed by atoms with Crippen molar-refractivity contribution in [1.82, 2.24) is 15.1 Å². The van der Waals surface area contributed by atoms with Gasteiger partial charge in [-0.1, -0.05) is 29.8 Å². The molecule has 1 fully saturated rings. The highest BCUT2D eigenvalue weighted by Gasteiger charge is 2.25. The van der Waals surface area contributed by atoms with Gasteiger partial charge in [0.25, 0.3) is 5.91 Å². The van der Waals surface area contributed by atoms with Crippen molar-refractivity contribution < 1.29 is 9.59 Å². The van der Waals surface area contributed by atoms with Crippen LogP contribution in [0.3, 0.4) is 0 Å². The number of rotatable bonds is 7. The summed E-state index contributed by atoms with van der Waals surface area (Å²) in [6.45, 7) is 5.82. The summed E-state index contributed by atoms with van der Waals surface area (Å²) in [6.07, 6.45) is 1.12. The number of piperazine rings is 1. The van der Waals surface area contributed by atoms with Gasteiger partial charge in [-0.3, -0.25) is 14.5 Å². The van der Waals surface area contributed by atoms with Crippen molar-refractivity contribution in [2.24, 2.45) is 0 Å². The molecule has 7 heteroatoms. The Kier molecular flexibility index (Phi) is 7.48. The van der Waals surface area contributed by atoms with E-state index in [9.17, 15) is 9.59 Å². The maximum Gasteiger partial charge on any atom is 0.252 e. The van der Waals surface area contributed by atoms with Crippen molar-refractivity contribution in [3.63, 3.8) is 0 Å². The lowest BCUT2D eigenvalue weighted by molar-refractivity contribution is -0.133. The quantitative estimate of drug-likeness (QED) is 0.694. The number of hydrogen-bond donors (Lipinski definition) is 1. The molecule has 1 aliphatic rings. The van der Waals surface area contributed by atoms with Crippen LogP contribution < -0.4 is 5.32 Å². The van der Waals surface area contributed by atoms with Gasteiger partial charge in [0.1, 0.15) is 0 Å². The van der Waals surface area contributed by atoms with E-state index in [0.29, 0.717) is 24.9 Å². The molecule has 0 bridgehead atoms. The summed E-state index contributed by atoms with van der Waals surface area (Å²) >= 11 is 7.82. The Balaban J connectivity index is 1.38. The molecular weight excluding hydrogens is 394 g/mol. The van der Waals surface area contributed by atoms with Gasteiger partial charge in [0.05, 0.1) is 0 Å². The van der Waals surface area contributed by atoms with E-state index in [4.69, 9.17) is 11.6 Å². The van der Waals surface area contributed by atoms with Crippen molar-refractivity contribution in [2.75, 3.05) is 32.7 Å². The maximum absolute atomic E-state index is 12.4. The molecule has 5 nitrogen and oxygen atoms in total. The number of nitrogens with one attached hydrogen (secondary N) is 1. The number of halogens is 1. The molecule has 0 aliphatic carbocycles. The summed E-state index contributed by atoms with van der Waals surface area (Å²) in [4.78, 5) is 28.6. The highest BCUT2D eigenvalue weighted by Crippen LogP contribution is 2.27. The molecule has 2 aromatic rings. The average Bonchev–Trinajstić information content (AvgIpc) is 3.26. The Hall–Kier alpha value is -1.89. The van der Waals surface area contributed by atoms with Crippen LogP contribution in [-0.4, -0.2) is 54.3 Å². The summed E-state index contributed by atoms with van der Waals surface area (Å²) in [5.41, 5.74) is 1.81. The smallest absolute Gasteiger partial charge is 0.252 e.